The number of hydrogen-bond donors (Lipinski definition) is 1. The second kappa shape index (κ2) is 15.0. The standard InChI is InChI=1S/C21H38N2O2/c1-23-19-18-22-20(23)16-14-12-10-8-6-4-2-3-5-7-9-11-13-15-17-21(24)25/h18-19H,2-17H2,1H3,(H,24,25). The SMILES string of the molecule is Cn1ccnc1CCCCCCCCCCCCCCCCC(=O)O. The van der Waals surface area contributed by atoms with E-state index < -0.39 is 5.97 Å². The van der Waals surface area contributed by atoms with Gasteiger partial charge in [-0.05, 0) is 12.8 Å². The first-order valence-electron chi connectivity index (χ1n) is 10.4. The van der Waals surface area contributed by atoms with E-state index in [0.29, 0.717) is 6.42 Å². The van der Waals surface area contributed by atoms with Gasteiger partial charge in [0.2, 0.25) is 0 Å². The van der Waals surface area contributed by atoms with Crippen LogP contribution in [0, 0.1) is 0 Å². The average Bonchev–Trinajstić information content (AvgIpc) is 2.99. The normalized spacial score (nSPS) is 11.1. The predicted octanol–water partition coefficient (Wildman–Crippen LogP) is 5.90. The zero-order chi connectivity index (χ0) is 18.2. The number of carboxylic acids is 1. The van der Waals surface area contributed by atoms with E-state index in [1.807, 2.05) is 12.4 Å². The van der Waals surface area contributed by atoms with Gasteiger partial charge in [0, 0.05) is 32.3 Å². The van der Waals surface area contributed by atoms with Crippen LogP contribution in [0.3, 0.4) is 0 Å². The smallest absolute Gasteiger partial charge is 0.303 e. The fourth-order valence-electron chi connectivity index (χ4n) is 3.32. The Morgan fingerprint density at radius 2 is 1.28 bits per heavy atom. The van der Waals surface area contributed by atoms with Crippen LogP contribution in [-0.2, 0) is 18.3 Å². The van der Waals surface area contributed by atoms with Crippen molar-refractivity contribution in [3.05, 3.63) is 18.2 Å². The highest BCUT2D eigenvalue weighted by molar-refractivity contribution is 5.66. The predicted molar refractivity (Wildman–Crippen MR) is 104 cm³/mol. The topological polar surface area (TPSA) is 55.1 Å². The van der Waals surface area contributed by atoms with Crippen LogP contribution in [0.1, 0.15) is 102 Å². The molecule has 0 aliphatic rings. The maximum Gasteiger partial charge on any atom is 0.303 e. The first-order chi connectivity index (χ1) is 12.2. The third kappa shape index (κ3) is 12.7. The first kappa shape index (κ1) is 21.7. The molecular weight excluding hydrogens is 312 g/mol. The van der Waals surface area contributed by atoms with E-state index in [9.17, 15) is 4.79 Å². The molecule has 1 aromatic rings. The summed E-state index contributed by atoms with van der Waals surface area (Å²) < 4.78 is 2.12. The van der Waals surface area contributed by atoms with Crippen molar-refractivity contribution >= 4 is 5.97 Å². The van der Waals surface area contributed by atoms with Crippen LogP contribution in [0.25, 0.3) is 0 Å². The molecule has 1 N–H and O–H groups in total. The summed E-state index contributed by atoms with van der Waals surface area (Å²) in [4.78, 5) is 14.8. The summed E-state index contributed by atoms with van der Waals surface area (Å²) in [5.74, 6) is 0.551. The van der Waals surface area contributed by atoms with Gasteiger partial charge in [-0.15, -0.1) is 0 Å². The highest BCUT2D eigenvalue weighted by Crippen LogP contribution is 2.14. The molecule has 0 fully saturated rings. The Bertz CT molecular complexity index is 443. The van der Waals surface area contributed by atoms with Crippen LogP contribution in [0.2, 0.25) is 0 Å². The van der Waals surface area contributed by atoms with Gasteiger partial charge in [0.05, 0.1) is 0 Å². The lowest BCUT2D eigenvalue weighted by Crippen LogP contribution is -1.97. The molecule has 25 heavy (non-hydrogen) atoms. The Labute approximate surface area is 154 Å². The number of imidazole rings is 1. The van der Waals surface area contributed by atoms with Crippen LogP contribution in [0.5, 0.6) is 0 Å². The van der Waals surface area contributed by atoms with E-state index in [4.69, 9.17) is 5.11 Å². The Morgan fingerprint density at radius 1 is 0.840 bits per heavy atom. The summed E-state index contributed by atoms with van der Waals surface area (Å²) in [6.45, 7) is 0. The number of nitrogens with zero attached hydrogens (tertiary/aromatic N) is 2. The Hall–Kier alpha value is -1.32. The highest BCUT2D eigenvalue weighted by atomic mass is 16.4. The second-order valence-corrected chi connectivity index (χ2v) is 7.30. The van der Waals surface area contributed by atoms with Crippen molar-refractivity contribution in [1.82, 2.24) is 9.55 Å². The quantitative estimate of drug-likeness (QED) is 0.356. The van der Waals surface area contributed by atoms with Crippen LogP contribution in [0.15, 0.2) is 12.4 Å². The summed E-state index contributed by atoms with van der Waals surface area (Å²) in [5, 5.41) is 8.56. The van der Waals surface area contributed by atoms with Crippen LogP contribution >= 0.6 is 0 Å². The van der Waals surface area contributed by atoms with Gasteiger partial charge in [0.1, 0.15) is 5.82 Å². The molecule has 0 amide bonds. The second-order valence-electron chi connectivity index (χ2n) is 7.30. The van der Waals surface area contributed by atoms with E-state index in [0.717, 1.165) is 19.3 Å². The van der Waals surface area contributed by atoms with Crippen molar-refractivity contribution < 1.29 is 9.90 Å². The number of carbonyl (C=O) groups is 1. The molecule has 0 unspecified atom stereocenters. The lowest BCUT2D eigenvalue weighted by Gasteiger charge is -2.04. The largest absolute Gasteiger partial charge is 0.481 e. The van der Waals surface area contributed by atoms with Gasteiger partial charge < -0.3 is 9.67 Å². The Morgan fingerprint density at radius 3 is 1.68 bits per heavy atom. The van der Waals surface area contributed by atoms with Crippen molar-refractivity contribution in [1.29, 1.82) is 0 Å². The van der Waals surface area contributed by atoms with Crippen molar-refractivity contribution in [2.75, 3.05) is 0 Å². The maximum absolute atomic E-state index is 10.4. The van der Waals surface area contributed by atoms with E-state index in [2.05, 4.69) is 16.6 Å². The molecule has 0 aromatic carbocycles. The molecule has 1 aromatic heterocycles. The van der Waals surface area contributed by atoms with Gasteiger partial charge in [0.15, 0.2) is 0 Å². The summed E-state index contributed by atoms with van der Waals surface area (Å²) in [5.41, 5.74) is 0. The molecule has 0 atom stereocenters. The minimum absolute atomic E-state index is 0.336. The van der Waals surface area contributed by atoms with Gasteiger partial charge in [-0.3, -0.25) is 4.79 Å². The summed E-state index contributed by atoms with van der Waals surface area (Å²) in [6, 6.07) is 0. The van der Waals surface area contributed by atoms with Gasteiger partial charge >= 0.3 is 5.97 Å². The molecule has 4 heteroatoms. The lowest BCUT2D eigenvalue weighted by molar-refractivity contribution is -0.137. The van der Waals surface area contributed by atoms with Gasteiger partial charge in [-0.25, -0.2) is 4.98 Å². The van der Waals surface area contributed by atoms with E-state index in [1.165, 1.54) is 82.9 Å². The van der Waals surface area contributed by atoms with Crippen molar-refractivity contribution in [3.8, 4) is 0 Å². The number of aliphatic carboxylic acids is 1. The number of unbranched alkanes of at least 4 members (excludes halogenated alkanes) is 13. The monoisotopic (exact) mass is 350 g/mol. The molecule has 0 saturated heterocycles. The molecule has 1 heterocycles. The summed E-state index contributed by atoms with van der Waals surface area (Å²) in [7, 11) is 2.07. The molecule has 0 aliphatic heterocycles. The zero-order valence-electron chi connectivity index (χ0n) is 16.2. The molecule has 0 spiro atoms. The summed E-state index contributed by atoms with van der Waals surface area (Å²) in [6.07, 6.45) is 23.3. The Kier molecular flexibility index (Phi) is 13.0. The van der Waals surface area contributed by atoms with Gasteiger partial charge in [-0.1, -0.05) is 77.0 Å². The van der Waals surface area contributed by atoms with Crippen molar-refractivity contribution in [2.45, 2.75) is 103 Å². The number of carboxylic acid groups (broad SMARTS) is 1. The minimum Gasteiger partial charge on any atom is -0.481 e. The van der Waals surface area contributed by atoms with Crippen LogP contribution < -0.4 is 0 Å². The average molecular weight is 351 g/mol. The number of rotatable bonds is 17. The fraction of sp³-hybridized carbons (Fsp3) is 0.810. The van der Waals surface area contributed by atoms with Crippen molar-refractivity contribution in [3.63, 3.8) is 0 Å². The highest BCUT2D eigenvalue weighted by Gasteiger charge is 1.99. The third-order valence-corrected chi connectivity index (χ3v) is 4.96. The van der Waals surface area contributed by atoms with Gasteiger partial charge in [-0.2, -0.15) is 0 Å². The van der Waals surface area contributed by atoms with Crippen molar-refractivity contribution in [2.24, 2.45) is 7.05 Å². The molecule has 0 radical (unpaired) electrons. The van der Waals surface area contributed by atoms with Gasteiger partial charge in [0.25, 0.3) is 0 Å². The molecule has 144 valence electrons. The fourth-order valence-corrected chi connectivity index (χ4v) is 3.32. The maximum atomic E-state index is 10.4. The first-order valence-corrected chi connectivity index (χ1v) is 10.4. The Balaban J connectivity index is 1.72. The van der Waals surface area contributed by atoms with E-state index >= 15 is 0 Å². The number of aryl methyl sites for hydroxylation is 2. The van der Waals surface area contributed by atoms with E-state index in [-0.39, 0.29) is 0 Å². The molecule has 4 nitrogen and oxygen atoms in total. The molecule has 1 rings (SSSR count). The zero-order valence-corrected chi connectivity index (χ0v) is 16.2. The number of hydrogen-bond acceptors (Lipinski definition) is 2. The van der Waals surface area contributed by atoms with Crippen LogP contribution in [-0.4, -0.2) is 20.6 Å². The lowest BCUT2D eigenvalue weighted by atomic mass is 10.0. The summed E-state index contributed by atoms with van der Waals surface area (Å²) >= 11 is 0. The number of aromatic nitrogens is 2. The minimum atomic E-state index is -0.659. The van der Waals surface area contributed by atoms with Crippen LogP contribution in [0.4, 0.5) is 0 Å². The third-order valence-electron chi connectivity index (χ3n) is 4.96. The van der Waals surface area contributed by atoms with E-state index in [1.54, 1.807) is 0 Å². The molecular formula is C21H38N2O2. The molecule has 0 bridgehead atoms. The molecule has 0 saturated carbocycles. The molecule has 0 aliphatic carbocycles.